The molecule has 0 radical (unpaired) electrons. The van der Waals surface area contributed by atoms with Crippen molar-refractivity contribution in [2.45, 2.75) is 19.9 Å². The molecule has 19 heavy (non-hydrogen) atoms. The minimum atomic E-state index is -0.297. The van der Waals surface area contributed by atoms with Crippen molar-refractivity contribution in [1.29, 1.82) is 0 Å². The van der Waals surface area contributed by atoms with Gasteiger partial charge in [0.05, 0.1) is 12.5 Å². The smallest absolute Gasteiger partial charge is 0.243 e. The van der Waals surface area contributed by atoms with E-state index in [1.165, 1.54) is 4.90 Å². The van der Waals surface area contributed by atoms with Crippen LogP contribution in [0.1, 0.15) is 13.8 Å². The summed E-state index contributed by atoms with van der Waals surface area (Å²) in [6.45, 7) is 3.56. The van der Waals surface area contributed by atoms with Crippen LogP contribution in [-0.2, 0) is 9.59 Å². The number of carbonyl (C=O) groups is 2. The Morgan fingerprint density at radius 3 is 2.37 bits per heavy atom. The first-order valence-corrected chi connectivity index (χ1v) is 6.27. The number of hydrogen-bond donors (Lipinski definition) is 2. The zero-order valence-corrected chi connectivity index (χ0v) is 11.6. The minimum absolute atomic E-state index is 0.0186. The standard InChI is InChI=1S/C14H21N3O2/c1-10(11(2)15)14(19)17(3)9-13(18)16-12-7-5-4-6-8-12/h4-8,10-11H,9,15H2,1-3H3,(H,16,18). The Bertz CT molecular complexity index is 432. The Balaban J connectivity index is 2.50. The number of nitrogens with two attached hydrogens (primary N) is 1. The fraction of sp³-hybridized carbons (Fsp3) is 0.429. The highest BCUT2D eigenvalue weighted by atomic mass is 16.2. The van der Waals surface area contributed by atoms with Crippen LogP contribution in [-0.4, -0.2) is 36.3 Å². The Labute approximate surface area is 113 Å². The molecule has 1 rings (SSSR count). The van der Waals surface area contributed by atoms with Gasteiger partial charge in [-0.25, -0.2) is 0 Å². The Kier molecular flexibility index (Phi) is 5.51. The third-order valence-corrected chi connectivity index (χ3v) is 2.99. The van der Waals surface area contributed by atoms with Gasteiger partial charge in [-0.3, -0.25) is 9.59 Å². The molecule has 0 aliphatic heterocycles. The summed E-state index contributed by atoms with van der Waals surface area (Å²) in [7, 11) is 1.60. The van der Waals surface area contributed by atoms with Gasteiger partial charge in [0.2, 0.25) is 11.8 Å². The molecule has 0 spiro atoms. The molecule has 1 aromatic rings. The topological polar surface area (TPSA) is 75.4 Å². The van der Waals surface area contributed by atoms with Gasteiger partial charge in [0, 0.05) is 18.8 Å². The average molecular weight is 263 g/mol. The summed E-state index contributed by atoms with van der Waals surface area (Å²) in [5.41, 5.74) is 6.40. The van der Waals surface area contributed by atoms with E-state index in [2.05, 4.69) is 5.32 Å². The maximum atomic E-state index is 11.9. The van der Waals surface area contributed by atoms with Crippen molar-refractivity contribution in [3.8, 4) is 0 Å². The molecule has 0 aliphatic carbocycles. The lowest BCUT2D eigenvalue weighted by atomic mass is 10.0. The van der Waals surface area contributed by atoms with Crippen molar-refractivity contribution < 1.29 is 9.59 Å². The number of para-hydroxylation sites is 1. The lowest BCUT2D eigenvalue weighted by Crippen LogP contribution is -2.42. The molecule has 2 amide bonds. The summed E-state index contributed by atoms with van der Waals surface area (Å²) in [4.78, 5) is 25.1. The molecule has 5 heteroatoms. The Morgan fingerprint density at radius 2 is 1.84 bits per heavy atom. The first-order valence-electron chi connectivity index (χ1n) is 6.27. The maximum absolute atomic E-state index is 11.9. The zero-order chi connectivity index (χ0) is 14.4. The second-order valence-corrected chi connectivity index (χ2v) is 4.76. The van der Waals surface area contributed by atoms with Gasteiger partial charge in [-0.1, -0.05) is 25.1 Å². The van der Waals surface area contributed by atoms with Crippen molar-refractivity contribution in [2.75, 3.05) is 18.9 Å². The highest BCUT2D eigenvalue weighted by Crippen LogP contribution is 2.07. The highest BCUT2D eigenvalue weighted by molar-refractivity contribution is 5.94. The predicted molar refractivity (Wildman–Crippen MR) is 75.5 cm³/mol. The average Bonchev–Trinajstić information content (AvgIpc) is 2.37. The number of rotatable bonds is 5. The number of nitrogens with zero attached hydrogens (tertiary/aromatic N) is 1. The van der Waals surface area contributed by atoms with E-state index in [0.717, 1.165) is 0 Å². The molecule has 0 heterocycles. The molecule has 104 valence electrons. The van der Waals surface area contributed by atoms with Gasteiger partial charge >= 0.3 is 0 Å². The summed E-state index contributed by atoms with van der Waals surface area (Å²) >= 11 is 0. The van der Waals surface area contributed by atoms with Gasteiger partial charge in [-0.05, 0) is 19.1 Å². The van der Waals surface area contributed by atoms with Crippen LogP contribution in [0.2, 0.25) is 0 Å². The lowest BCUT2D eigenvalue weighted by Gasteiger charge is -2.22. The Hall–Kier alpha value is -1.88. The number of amides is 2. The van der Waals surface area contributed by atoms with Crippen LogP contribution in [0, 0.1) is 5.92 Å². The van der Waals surface area contributed by atoms with Gasteiger partial charge in [-0.15, -0.1) is 0 Å². The minimum Gasteiger partial charge on any atom is -0.336 e. The molecule has 0 saturated carbocycles. The fourth-order valence-electron chi connectivity index (χ4n) is 1.59. The fourth-order valence-corrected chi connectivity index (χ4v) is 1.59. The third kappa shape index (κ3) is 4.71. The first kappa shape index (κ1) is 15.2. The summed E-state index contributed by atoms with van der Waals surface area (Å²) in [6, 6.07) is 8.90. The SMILES string of the molecule is CC(N)C(C)C(=O)N(C)CC(=O)Nc1ccccc1. The second-order valence-electron chi connectivity index (χ2n) is 4.76. The number of anilines is 1. The number of hydrogen-bond acceptors (Lipinski definition) is 3. The van der Waals surface area contributed by atoms with Gasteiger partial charge in [0.25, 0.3) is 0 Å². The third-order valence-electron chi connectivity index (χ3n) is 2.99. The van der Waals surface area contributed by atoms with E-state index in [1.54, 1.807) is 33.0 Å². The van der Waals surface area contributed by atoms with Crippen LogP contribution < -0.4 is 11.1 Å². The number of nitrogens with one attached hydrogen (secondary N) is 1. The lowest BCUT2D eigenvalue weighted by molar-refractivity contribution is -0.136. The zero-order valence-electron chi connectivity index (χ0n) is 11.6. The van der Waals surface area contributed by atoms with Crippen LogP contribution in [0.3, 0.4) is 0 Å². The van der Waals surface area contributed by atoms with Gasteiger partial charge < -0.3 is 16.0 Å². The molecule has 0 aliphatic rings. The quantitative estimate of drug-likeness (QED) is 0.834. The number of carbonyl (C=O) groups excluding carboxylic acids is 2. The second kappa shape index (κ2) is 6.89. The summed E-state index contributed by atoms with van der Waals surface area (Å²) in [5, 5.41) is 2.73. The molecule has 5 nitrogen and oxygen atoms in total. The van der Waals surface area contributed by atoms with Gasteiger partial charge in [-0.2, -0.15) is 0 Å². The molecular formula is C14H21N3O2. The molecule has 0 saturated heterocycles. The van der Waals surface area contributed by atoms with E-state index in [0.29, 0.717) is 5.69 Å². The summed E-state index contributed by atoms with van der Waals surface area (Å²) < 4.78 is 0. The molecular weight excluding hydrogens is 242 g/mol. The molecule has 0 fully saturated rings. The summed E-state index contributed by atoms with van der Waals surface area (Å²) in [5.74, 6) is -0.647. The van der Waals surface area contributed by atoms with Crippen molar-refractivity contribution >= 4 is 17.5 Å². The number of benzene rings is 1. The van der Waals surface area contributed by atoms with Crippen LogP contribution >= 0.6 is 0 Å². The predicted octanol–water partition coefficient (Wildman–Crippen LogP) is 1.07. The number of likely N-dealkylation sites (N-methyl/N-ethyl adjacent to an activating group) is 1. The van der Waals surface area contributed by atoms with Crippen LogP contribution in [0.25, 0.3) is 0 Å². The van der Waals surface area contributed by atoms with E-state index in [-0.39, 0.29) is 30.3 Å². The van der Waals surface area contributed by atoms with Crippen molar-refractivity contribution in [1.82, 2.24) is 4.90 Å². The van der Waals surface area contributed by atoms with E-state index in [9.17, 15) is 9.59 Å². The molecule has 0 bridgehead atoms. The first-order chi connectivity index (χ1) is 8.91. The van der Waals surface area contributed by atoms with Gasteiger partial charge in [0.15, 0.2) is 0 Å². The van der Waals surface area contributed by atoms with Crippen LogP contribution in [0.5, 0.6) is 0 Å². The van der Waals surface area contributed by atoms with Crippen molar-refractivity contribution in [3.63, 3.8) is 0 Å². The normalized spacial score (nSPS) is 13.5. The Morgan fingerprint density at radius 1 is 1.26 bits per heavy atom. The van der Waals surface area contributed by atoms with Gasteiger partial charge in [0.1, 0.15) is 0 Å². The maximum Gasteiger partial charge on any atom is 0.243 e. The van der Waals surface area contributed by atoms with Crippen molar-refractivity contribution in [2.24, 2.45) is 11.7 Å². The molecule has 1 aromatic carbocycles. The highest BCUT2D eigenvalue weighted by Gasteiger charge is 2.22. The molecule has 0 aromatic heterocycles. The van der Waals surface area contributed by atoms with E-state index in [4.69, 9.17) is 5.73 Å². The summed E-state index contributed by atoms with van der Waals surface area (Å²) in [6.07, 6.45) is 0. The van der Waals surface area contributed by atoms with Crippen LogP contribution in [0.15, 0.2) is 30.3 Å². The van der Waals surface area contributed by atoms with E-state index >= 15 is 0 Å². The molecule has 2 atom stereocenters. The van der Waals surface area contributed by atoms with E-state index < -0.39 is 0 Å². The molecule has 2 unspecified atom stereocenters. The monoisotopic (exact) mass is 263 g/mol. The molecule has 3 N–H and O–H groups in total. The van der Waals surface area contributed by atoms with Crippen LogP contribution in [0.4, 0.5) is 5.69 Å². The largest absolute Gasteiger partial charge is 0.336 e. The van der Waals surface area contributed by atoms with Crippen molar-refractivity contribution in [3.05, 3.63) is 30.3 Å². The van der Waals surface area contributed by atoms with E-state index in [1.807, 2.05) is 18.2 Å².